The molecule has 0 N–H and O–H groups in total. The van der Waals surface area contributed by atoms with Gasteiger partial charge in [0.1, 0.15) is 0 Å². The number of fused-ring (bicyclic) bond motifs is 3. The molecule has 0 amide bonds. The number of rotatable bonds is 8. The van der Waals surface area contributed by atoms with Crippen molar-refractivity contribution < 1.29 is 0 Å². The zero-order valence-corrected chi connectivity index (χ0v) is 31.0. The largest absolute Gasteiger partial charge is 0.310 e. The fraction of sp³-hybridized carbons (Fsp3) is 0.0182. The Morgan fingerprint density at radius 2 is 0.714 bits per heavy atom. The first-order valence-corrected chi connectivity index (χ1v) is 19.3. The molecule has 9 aromatic rings. The van der Waals surface area contributed by atoms with Crippen LogP contribution in [0.5, 0.6) is 0 Å². The molecular weight excluding hydrogens is 675 g/mol. The van der Waals surface area contributed by atoms with Gasteiger partial charge in [-0.25, -0.2) is 0 Å². The van der Waals surface area contributed by atoms with Gasteiger partial charge in [0, 0.05) is 17.1 Å². The second-order valence-corrected chi connectivity index (χ2v) is 14.5. The van der Waals surface area contributed by atoms with E-state index in [-0.39, 0.29) is 0 Å². The Bertz CT molecular complexity index is 2720. The third kappa shape index (κ3) is 5.65. The highest BCUT2D eigenvalue weighted by atomic mass is 15.1. The van der Waals surface area contributed by atoms with E-state index in [2.05, 4.69) is 241 Å². The molecule has 1 unspecified atom stereocenters. The fourth-order valence-corrected chi connectivity index (χ4v) is 8.85. The number of hydrogen-bond acceptors (Lipinski definition) is 1. The van der Waals surface area contributed by atoms with Crippen LogP contribution in [0.25, 0.3) is 44.5 Å². The van der Waals surface area contributed by atoms with Crippen LogP contribution in [0.4, 0.5) is 17.1 Å². The molecule has 0 aliphatic heterocycles. The van der Waals surface area contributed by atoms with E-state index in [4.69, 9.17) is 0 Å². The highest BCUT2D eigenvalue weighted by Crippen LogP contribution is 2.57. The quantitative estimate of drug-likeness (QED) is 0.152. The zero-order chi connectivity index (χ0) is 37.3. The molecule has 0 bridgehead atoms. The van der Waals surface area contributed by atoms with Gasteiger partial charge in [-0.1, -0.05) is 194 Å². The fourth-order valence-electron chi connectivity index (χ4n) is 8.85. The molecule has 0 heterocycles. The zero-order valence-electron chi connectivity index (χ0n) is 31.0. The van der Waals surface area contributed by atoms with Crippen molar-refractivity contribution in [2.75, 3.05) is 4.90 Å². The van der Waals surface area contributed by atoms with Crippen molar-refractivity contribution in [1.29, 1.82) is 0 Å². The smallest absolute Gasteiger partial charge is 0.0714 e. The van der Waals surface area contributed by atoms with Gasteiger partial charge in [0.25, 0.3) is 0 Å². The maximum atomic E-state index is 2.44. The van der Waals surface area contributed by atoms with E-state index in [1.807, 2.05) is 0 Å². The maximum absolute atomic E-state index is 2.44. The van der Waals surface area contributed by atoms with E-state index in [1.165, 1.54) is 66.8 Å². The molecule has 56 heavy (non-hydrogen) atoms. The Hall–Kier alpha value is -7.22. The van der Waals surface area contributed by atoms with E-state index < -0.39 is 5.41 Å². The normalized spacial score (nSPS) is 14.1. The Labute approximate surface area is 329 Å². The first-order valence-electron chi connectivity index (χ1n) is 19.3. The summed E-state index contributed by atoms with van der Waals surface area (Å²) in [6, 6.07) is 86.2. The van der Waals surface area contributed by atoms with Gasteiger partial charge in [-0.2, -0.15) is 0 Å². The highest BCUT2D eigenvalue weighted by Gasteiger charge is 2.46. The Kier molecular flexibility index (Phi) is 8.46. The second kappa shape index (κ2) is 14.2. The standard InChI is InChI=1S/C55H39N/c1-6-18-40(19-7-1)43-32-36-49(41-20-8-2-9-21-41)52(38-43)42-30-33-45(34-31-42)55(44-22-10-3-11-23-44)53-29-17-16-28-50(53)51-37-35-48(39-54(51)55)56(46-24-12-4-13-25-46)47-26-14-5-15-27-47/h1-39H. The molecule has 264 valence electrons. The minimum absolute atomic E-state index is 0.547. The lowest BCUT2D eigenvalue weighted by atomic mass is 9.67. The molecule has 1 aliphatic rings. The van der Waals surface area contributed by atoms with Crippen LogP contribution >= 0.6 is 0 Å². The number of anilines is 3. The molecule has 0 radical (unpaired) electrons. The summed E-state index contributed by atoms with van der Waals surface area (Å²) >= 11 is 0. The van der Waals surface area contributed by atoms with Gasteiger partial charge in [-0.05, 0) is 109 Å². The van der Waals surface area contributed by atoms with E-state index in [0.29, 0.717) is 0 Å². The first kappa shape index (κ1) is 33.4. The van der Waals surface area contributed by atoms with E-state index >= 15 is 0 Å². The number of benzene rings is 9. The van der Waals surface area contributed by atoms with Crippen molar-refractivity contribution in [2.45, 2.75) is 5.41 Å². The van der Waals surface area contributed by atoms with Gasteiger partial charge < -0.3 is 4.90 Å². The lowest BCUT2D eigenvalue weighted by Gasteiger charge is -2.35. The third-order valence-electron chi connectivity index (χ3n) is 11.4. The number of hydrogen-bond donors (Lipinski definition) is 0. The summed E-state index contributed by atoms with van der Waals surface area (Å²) in [5.74, 6) is 0. The maximum Gasteiger partial charge on any atom is 0.0714 e. The first-order chi connectivity index (χ1) is 27.8. The second-order valence-electron chi connectivity index (χ2n) is 14.5. The molecule has 1 aliphatic carbocycles. The Morgan fingerprint density at radius 1 is 0.250 bits per heavy atom. The van der Waals surface area contributed by atoms with E-state index in [1.54, 1.807) is 0 Å². The van der Waals surface area contributed by atoms with Crippen LogP contribution in [-0.2, 0) is 5.41 Å². The molecule has 0 spiro atoms. The van der Waals surface area contributed by atoms with Crippen LogP contribution in [0.3, 0.4) is 0 Å². The number of nitrogens with zero attached hydrogens (tertiary/aromatic N) is 1. The molecular formula is C55H39N. The molecule has 0 saturated heterocycles. The van der Waals surface area contributed by atoms with Crippen molar-refractivity contribution in [2.24, 2.45) is 0 Å². The van der Waals surface area contributed by atoms with E-state index in [0.717, 1.165) is 17.1 Å². The minimum atomic E-state index is -0.547. The van der Waals surface area contributed by atoms with Gasteiger partial charge in [0.05, 0.1) is 5.41 Å². The summed E-state index contributed by atoms with van der Waals surface area (Å²) in [7, 11) is 0. The van der Waals surface area contributed by atoms with Crippen molar-refractivity contribution >= 4 is 17.1 Å². The van der Waals surface area contributed by atoms with Crippen LogP contribution in [-0.4, -0.2) is 0 Å². The van der Waals surface area contributed by atoms with Crippen LogP contribution in [0.15, 0.2) is 237 Å². The monoisotopic (exact) mass is 713 g/mol. The summed E-state index contributed by atoms with van der Waals surface area (Å²) in [6.07, 6.45) is 0. The molecule has 1 heteroatoms. The van der Waals surface area contributed by atoms with E-state index in [9.17, 15) is 0 Å². The Morgan fingerprint density at radius 3 is 1.36 bits per heavy atom. The Balaban J connectivity index is 1.19. The molecule has 0 saturated carbocycles. The van der Waals surface area contributed by atoms with Crippen molar-refractivity contribution in [3.8, 4) is 44.5 Å². The van der Waals surface area contributed by atoms with Crippen LogP contribution in [0.2, 0.25) is 0 Å². The van der Waals surface area contributed by atoms with Crippen molar-refractivity contribution in [3.05, 3.63) is 259 Å². The van der Waals surface area contributed by atoms with Crippen molar-refractivity contribution in [1.82, 2.24) is 0 Å². The van der Waals surface area contributed by atoms with Gasteiger partial charge in [0.15, 0.2) is 0 Å². The van der Waals surface area contributed by atoms with Gasteiger partial charge in [-0.15, -0.1) is 0 Å². The van der Waals surface area contributed by atoms with Crippen LogP contribution in [0.1, 0.15) is 22.3 Å². The average Bonchev–Trinajstić information content (AvgIpc) is 3.58. The predicted octanol–water partition coefficient (Wildman–Crippen LogP) is 14.5. The molecule has 9 aromatic carbocycles. The summed E-state index contributed by atoms with van der Waals surface area (Å²) in [5, 5.41) is 0. The summed E-state index contributed by atoms with van der Waals surface area (Å²) in [6.45, 7) is 0. The lowest BCUT2D eigenvalue weighted by Crippen LogP contribution is -2.28. The molecule has 1 nitrogen and oxygen atoms in total. The topological polar surface area (TPSA) is 3.24 Å². The van der Waals surface area contributed by atoms with Crippen LogP contribution < -0.4 is 4.90 Å². The molecule has 1 atom stereocenters. The lowest BCUT2D eigenvalue weighted by molar-refractivity contribution is 0.768. The minimum Gasteiger partial charge on any atom is -0.310 e. The summed E-state index contributed by atoms with van der Waals surface area (Å²) in [4.78, 5) is 2.37. The summed E-state index contributed by atoms with van der Waals surface area (Å²) in [5.41, 5.74) is 17.7. The number of para-hydroxylation sites is 2. The predicted molar refractivity (Wildman–Crippen MR) is 235 cm³/mol. The SMILES string of the molecule is c1ccc(-c2ccc(-c3ccccc3)c(-c3ccc(C4(c5ccccc5)c5ccccc5-c5ccc(N(c6ccccc6)c6ccccc6)cc54)cc3)c2)cc1. The molecule has 10 rings (SSSR count). The summed E-state index contributed by atoms with van der Waals surface area (Å²) < 4.78 is 0. The van der Waals surface area contributed by atoms with Crippen molar-refractivity contribution in [3.63, 3.8) is 0 Å². The third-order valence-corrected chi connectivity index (χ3v) is 11.4. The molecule has 0 aromatic heterocycles. The van der Waals surface area contributed by atoms with Crippen LogP contribution in [0, 0.1) is 0 Å². The molecule has 0 fully saturated rings. The highest BCUT2D eigenvalue weighted by molar-refractivity contribution is 5.91. The van der Waals surface area contributed by atoms with Gasteiger partial charge >= 0.3 is 0 Å². The van der Waals surface area contributed by atoms with Gasteiger partial charge in [0.2, 0.25) is 0 Å². The average molecular weight is 714 g/mol. The van der Waals surface area contributed by atoms with Gasteiger partial charge in [-0.3, -0.25) is 0 Å².